The molecule has 180 valence electrons. The fourth-order valence-electron chi connectivity index (χ4n) is 3.18. The molecule has 1 aromatic carbocycles. The fraction of sp³-hybridized carbons (Fsp3) is 0.391. The van der Waals surface area contributed by atoms with Crippen LogP contribution in [-0.2, 0) is 35.1 Å². The van der Waals surface area contributed by atoms with Gasteiger partial charge in [0.2, 0.25) is 0 Å². The lowest BCUT2D eigenvalue weighted by atomic mass is 10.0. The van der Waals surface area contributed by atoms with Gasteiger partial charge in [-0.25, -0.2) is 9.18 Å². The Balaban J connectivity index is 2.28. The van der Waals surface area contributed by atoms with Crippen LogP contribution in [-0.4, -0.2) is 53.1 Å². The second-order valence-corrected chi connectivity index (χ2v) is 7.69. The third-order valence-electron chi connectivity index (χ3n) is 4.74. The molecular formula is C23H25FN4O6. The van der Waals surface area contributed by atoms with E-state index in [1.807, 2.05) is 0 Å². The van der Waals surface area contributed by atoms with E-state index in [9.17, 15) is 23.6 Å². The van der Waals surface area contributed by atoms with Crippen molar-refractivity contribution in [3.63, 3.8) is 0 Å². The Bertz CT molecular complexity index is 1120. The minimum absolute atomic E-state index is 0.136. The van der Waals surface area contributed by atoms with E-state index in [0.29, 0.717) is 17.2 Å². The predicted octanol–water partition coefficient (Wildman–Crippen LogP) is 2.11. The summed E-state index contributed by atoms with van der Waals surface area (Å²) < 4.78 is 24.3. The van der Waals surface area contributed by atoms with Crippen LogP contribution in [0.2, 0.25) is 0 Å². The molecule has 0 aliphatic heterocycles. The van der Waals surface area contributed by atoms with Crippen molar-refractivity contribution < 1.29 is 33.0 Å². The average Bonchev–Trinajstić information content (AvgIpc) is 3.19. The number of esters is 2. The average molecular weight is 472 g/mol. The lowest BCUT2D eigenvalue weighted by Crippen LogP contribution is -2.48. The molecule has 0 unspecified atom stereocenters. The Morgan fingerprint density at radius 1 is 1.26 bits per heavy atom. The SMILES string of the molecule is CC(C)OC(=O)[C@H](CCC(=O)C=N)NC(=O)[C@H](Cc1c[nH]c2c(F)cccc12)OC(=O)CC#N. The first-order valence-corrected chi connectivity index (χ1v) is 10.5. The van der Waals surface area contributed by atoms with E-state index in [-0.39, 0.29) is 24.8 Å². The summed E-state index contributed by atoms with van der Waals surface area (Å²) in [6.45, 7) is 3.23. The summed E-state index contributed by atoms with van der Waals surface area (Å²) in [5, 5.41) is 18.7. The number of nitrogens with one attached hydrogen (secondary N) is 3. The molecule has 0 spiro atoms. The molecule has 2 aromatic rings. The number of Topliss-reactive ketones (excluding diaryl/α,β-unsaturated/α-hetero) is 1. The normalized spacial score (nSPS) is 12.4. The first kappa shape index (κ1) is 26.2. The maximum absolute atomic E-state index is 14.0. The molecule has 1 amide bonds. The highest BCUT2D eigenvalue weighted by Gasteiger charge is 2.30. The summed E-state index contributed by atoms with van der Waals surface area (Å²) in [4.78, 5) is 51.8. The highest BCUT2D eigenvalue weighted by Crippen LogP contribution is 2.23. The number of H-pyrrole nitrogens is 1. The first-order valence-electron chi connectivity index (χ1n) is 10.5. The largest absolute Gasteiger partial charge is 0.461 e. The van der Waals surface area contributed by atoms with E-state index in [2.05, 4.69) is 10.3 Å². The summed E-state index contributed by atoms with van der Waals surface area (Å²) in [6, 6.07) is 4.77. The minimum atomic E-state index is -1.45. The van der Waals surface area contributed by atoms with Crippen LogP contribution in [0.5, 0.6) is 0 Å². The Hall–Kier alpha value is -4.07. The number of amides is 1. The number of hydrogen-bond donors (Lipinski definition) is 3. The van der Waals surface area contributed by atoms with Gasteiger partial charge in [0.15, 0.2) is 11.9 Å². The number of nitrogens with zero attached hydrogens (tertiary/aromatic N) is 1. The molecular weight excluding hydrogens is 447 g/mol. The fourth-order valence-corrected chi connectivity index (χ4v) is 3.18. The molecule has 34 heavy (non-hydrogen) atoms. The second kappa shape index (κ2) is 12.2. The molecule has 11 heteroatoms. The third-order valence-corrected chi connectivity index (χ3v) is 4.74. The van der Waals surface area contributed by atoms with E-state index in [4.69, 9.17) is 20.1 Å². The molecule has 10 nitrogen and oxygen atoms in total. The number of aromatic amines is 1. The summed E-state index contributed by atoms with van der Waals surface area (Å²) in [5.74, 6) is -3.65. The number of benzene rings is 1. The van der Waals surface area contributed by atoms with E-state index in [1.54, 1.807) is 26.0 Å². The van der Waals surface area contributed by atoms with Gasteiger partial charge >= 0.3 is 11.9 Å². The monoisotopic (exact) mass is 472 g/mol. The number of ketones is 1. The van der Waals surface area contributed by atoms with Gasteiger partial charge in [-0.15, -0.1) is 0 Å². The van der Waals surface area contributed by atoms with Crippen LogP contribution in [0, 0.1) is 22.6 Å². The van der Waals surface area contributed by atoms with Crippen LogP contribution in [0.1, 0.15) is 38.7 Å². The van der Waals surface area contributed by atoms with Gasteiger partial charge in [-0.2, -0.15) is 5.26 Å². The molecule has 3 N–H and O–H groups in total. The zero-order valence-corrected chi connectivity index (χ0v) is 18.7. The van der Waals surface area contributed by atoms with Gasteiger partial charge in [0.05, 0.1) is 23.9 Å². The maximum atomic E-state index is 14.0. The molecule has 0 radical (unpaired) electrons. The number of para-hydroxylation sites is 1. The van der Waals surface area contributed by atoms with Crippen molar-refractivity contribution in [3.8, 4) is 6.07 Å². The molecule has 2 rings (SSSR count). The Kier molecular flexibility index (Phi) is 9.43. The van der Waals surface area contributed by atoms with Gasteiger partial charge in [-0.1, -0.05) is 12.1 Å². The smallest absolute Gasteiger partial charge is 0.328 e. The van der Waals surface area contributed by atoms with Crippen molar-refractivity contribution in [1.82, 2.24) is 10.3 Å². The number of carbonyl (C=O) groups is 4. The van der Waals surface area contributed by atoms with Gasteiger partial charge in [-0.05, 0) is 31.9 Å². The number of nitriles is 1. The van der Waals surface area contributed by atoms with Crippen LogP contribution >= 0.6 is 0 Å². The van der Waals surface area contributed by atoms with Gasteiger partial charge in [-0.3, -0.25) is 14.4 Å². The molecule has 2 atom stereocenters. The van der Waals surface area contributed by atoms with E-state index in [0.717, 1.165) is 0 Å². The molecule has 0 fully saturated rings. The summed E-state index contributed by atoms with van der Waals surface area (Å²) >= 11 is 0. The van der Waals surface area contributed by atoms with Crippen LogP contribution in [0.25, 0.3) is 10.9 Å². The Morgan fingerprint density at radius 3 is 2.65 bits per heavy atom. The van der Waals surface area contributed by atoms with E-state index in [1.165, 1.54) is 18.3 Å². The van der Waals surface area contributed by atoms with E-state index >= 15 is 0 Å². The number of carbonyl (C=O) groups excluding carboxylic acids is 4. The van der Waals surface area contributed by atoms with Gasteiger partial charge in [0, 0.05) is 24.4 Å². The standard InChI is InChI=1S/C23H25FN4O6/c1-13(2)33-23(32)18(7-6-15(29)11-26)28-22(31)19(34-20(30)8-9-25)10-14-12-27-21-16(14)4-3-5-17(21)24/h3-5,11-13,18-19,26-27H,6-8,10H2,1-2H3,(H,28,31)/t18-,19-/m0/s1. The molecule has 1 heterocycles. The molecule has 0 saturated carbocycles. The molecule has 0 bridgehead atoms. The predicted molar refractivity (Wildman–Crippen MR) is 118 cm³/mol. The van der Waals surface area contributed by atoms with Gasteiger partial charge < -0.3 is 25.2 Å². The van der Waals surface area contributed by atoms with Crippen LogP contribution in [0.4, 0.5) is 4.39 Å². The summed E-state index contributed by atoms with van der Waals surface area (Å²) in [7, 11) is 0. The summed E-state index contributed by atoms with van der Waals surface area (Å²) in [5.41, 5.74) is 0.684. The number of halogens is 1. The molecule has 1 aromatic heterocycles. The highest BCUT2D eigenvalue weighted by atomic mass is 19.1. The van der Waals surface area contributed by atoms with Crippen LogP contribution in [0.3, 0.4) is 0 Å². The van der Waals surface area contributed by atoms with Gasteiger partial charge in [0.1, 0.15) is 18.3 Å². The van der Waals surface area contributed by atoms with Crippen molar-refractivity contribution in [2.24, 2.45) is 0 Å². The lowest BCUT2D eigenvalue weighted by molar-refractivity contribution is -0.157. The van der Waals surface area contributed by atoms with Crippen molar-refractivity contribution in [1.29, 1.82) is 10.7 Å². The topological polar surface area (TPSA) is 162 Å². The minimum Gasteiger partial charge on any atom is -0.461 e. The summed E-state index contributed by atoms with van der Waals surface area (Å²) in [6.07, 6.45) is -0.956. The van der Waals surface area contributed by atoms with Crippen molar-refractivity contribution in [2.45, 2.75) is 57.8 Å². The maximum Gasteiger partial charge on any atom is 0.328 e. The van der Waals surface area contributed by atoms with Crippen molar-refractivity contribution in [2.75, 3.05) is 0 Å². The highest BCUT2D eigenvalue weighted by molar-refractivity contribution is 6.26. The van der Waals surface area contributed by atoms with Crippen LogP contribution < -0.4 is 5.32 Å². The molecule has 0 aliphatic carbocycles. The molecule has 0 saturated heterocycles. The number of fused-ring (bicyclic) bond motifs is 1. The van der Waals surface area contributed by atoms with E-state index < -0.39 is 54.1 Å². The molecule has 0 aliphatic rings. The number of aromatic nitrogens is 1. The zero-order valence-electron chi connectivity index (χ0n) is 18.7. The first-order chi connectivity index (χ1) is 16.2. The number of rotatable bonds is 12. The second-order valence-electron chi connectivity index (χ2n) is 7.69. The third kappa shape index (κ3) is 7.23. The number of ether oxygens (including phenoxy) is 2. The quantitative estimate of drug-likeness (QED) is 0.315. The Morgan fingerprint density at radius 2 is 2.00 bits per heavy atom. The Labute approximate surface area is 194 Å². The van der Waals surface area contributed by atoms with Crippen LogP contribution in [0.15, 0.2) is 24.4 Å². The van der Waals surface area contributed by atoms with Gasteiger partial charge in [0.25, 0.3) is 5.91 Å². The van der Waals surface area contributed by atoms with Crippen molar-refractivity contribution in [3.05, 3.63) is 35.8 Å². The zero-order chi connectivity index (χ0) is 25.3. The van der Waals surface area contributed by atoms with Crippen molar-refractivity contribution >= 4 is 40.7 Å². The lowest BCUT2D eigenvalue weighted by Gasteiger charge is -2.22. The number of hydrogen-bond acceptors (Lipinski definition) is 8.